The Balaban J connectivity index is 2.38. The van der Waals surface area contributed by atoms with Gasteiger partial charge in [-0.05, 0) is 5.92 Å². The quantitative estimate of drug-likeness (QED) is 0.675. The highest BCUT2D eigenvalue weighted by Crippen LogP contribution is 2.45. The average Bonchev–Trinajstić information content (AvgIpc) is 1.80. The Hall–Kier alpha value is -0.670. The molecule has 0 aromatic rings. The first-order valence-electron chi connectivity index (χ1n) is 3.53. The van der Waals surface area contributed by atoms with E-state index in [1.165, 1.54) is 6.92 Å². The SMILES string of the molecule is C[C@@H](C(=O)O)C1CC(F)(F)C1. The molecule has 0 heterocycles. The highest BCUT2D eigenvalue weighted by molar-refractivity contribution is 5.70. The fourth-order valence-corrected chi connectivity index (χ4v) is 1.26. The van der Waals surface area contributed by atoms with Crippen LogP contribution in [0, 0.1) is 11.8 Å². The van der Waals surface area contributed by atoms with Crippen LogP contribution in [0.25, 0.3) is 0 Å². The number of aliphatic carboxylic acids is 1. The van der Waals surface area contributed by atoms with E-state index in [4.69, 9.17) is 5.11 Å². The minimum atomic E-state index is -2.60. The predicted octanol–water partition coefficient (Wildman–Crippen LogP) is 1.75. The molecule has 0 aliphatic heterocycles. The van der Waals surface area contributed by atoms with Crippen molar-refractivity contribution in [2.75, 3.05) is 0 Å². The molecule has 0 spiro atoms. The van der Waals surface area contributed by atoms with Crippen LogP contribution in [0.1, 0.15) is 19.8 Å². The molecule has 1 fully saturated rings. The maximum absolute atomic E-state index is 12.2. The van der Waals surface area contributed by atoms with Gasteiger partial charge in [0.25, 0.3) is 0 Å². The fraction of sp³-hybridized carbons (Fsp3) is 0.857. The van der Waals surface area contributed by atoms with E-state index in [9.17, 15) is 13.6 Å². The second-order valence-corrected chi connectivity index (χ2v) is 3.15. The second-order valence-electron chi connectivity index (χ2n) is 3.15. The Morgan fingerprint density at radius 3 is 2.36 bits per heavy atom. The van der Waals surface area contributed by atoms with Crippen molar-refractivity contribution in [2.24, 2.45) is 11.8 Å². The highest BCUT2D eigenvalue weighted by atomic mass is 19.3. The summed E-state index contributed by atoms with van der Waals surface area (Å²) in [5, 5.41) is 8.44. The van der Waals surface area contributed by atoms with Gasteiger partial charge < -0.3 is 5.11 Å². The van der Waals surface area contributed by atoms with Gasteiger partial charge in [-0.15, -0.1) is 0 Å². The third kappa shape index (κ3) is 1.67. The zero-order chi connectivity index (χ0) is 8.65. The molecule has 1 saturated carbocycles. The van der Waals surface area contributed by atoms with Gasteiger partial charge in [0.2, 0.25) is 5.92 Å². The number of hydrogen-bond acceptors (Lipinski definition) is 1. The maximum Gasteiger partial charge on any atom is 0.306 e. The summed E-state index contributed by atoms with van der Waals surface area (Å²) in [7, 11) is 0. The molecule has 64 valence electrons. The molecule has 0 saturated heterocycles. The molecule has 1 aliphatic rings. The molecule has 1 atom stereocenters. The molecular weight excluding hydrogens is 154 g/mol. The Morgan fingerprint density at radius 2 is 2.09 bits per heavy atom. The summed E-state index contributed by atoms with van der Waals surface area (Å²) in [6, 6.07) is 0. The molecule has 2 nitrogen and oxygen atoms in total. The van der Waals surface area contributed by atoms with Crippen molar-refractivity contribution < 1.29 is 18.7 Å². The standard InChI is InChI=1S/C7H10F2O2/c1-4(6(10)11)5-2-7(8,9)3-5/h4-5H,2-3H2,1H3,(H,10,11)/t4-/m1/s1. The summed E-state index contributed by atoms with van der Waals surface area (Å²) >= 11 is 0. The number of rotatable bonds is 2. The van der Waals surface area contributed by atoms with Crippen LogP contribution in [-0.4, -0.2) is 17.0 Å². The summed E-state index contributed by atoms with van der Waals surface area (Å²) in [6.07, 6.45) is -0.527. The van der Waals surface area contributed by atoms with E-state index in [0.29, 0.717) is 0 Å². The lowest BCUT2D eigenvalue weighted by Gasteiger charge is -2.37. The first-order valence-corrected chi connectivity index (χ1v) is 3.53. The fourth-order valence-electron chi connectivity index (χ4n) is 1.26. The normalized spacial score (nSPS) is 25.7. The predicted molar refractivity (Wildman–Crippen MR) is 34.5 cm³/mol. The van der Waals surface area contributed by atoms with Crippen LogP contribution >= 0.6 is 0 Å². The minimum absolute atomic E-state index is 0.263. The van der Waals surface area contributed by atoms with Gasteiger partial charge in [0.05, 0.1) is 5.92 Å². The van der Waals surface area contributed by atoms with Crippen LogP contribution in [-0.2, 0) is 4.79 Å². The van der Waals surface area contributed by atoms with E-state index in [1.807, 2.05) is 0 Å². The Labute approximate surface area is 63.2 Å². The van der Waals surface area contributed by atoms with Crippen molar-refractivity contribution in [3.63, 3.8) is 0 Å². The number of alkyl halides is 2. The molecule has 1 rings (SSSR count). The maximum atomic E-state index is 12.2. The van der Waals surface area contributed by atoms with Crippen molar-refractivity contribution >= 4 is 5.97 Å². The van der Waals surface area contributed by atoms with Gasteiger partial charge in [-0.3, -0.25) is 4.79 Å². The molecule has 0 bridgehead atoms. The van der Waals surface area contributed by atoms with Crippen LogP contribution in [0.4, 0.5) is 8.78 Å². The van der Waals surface area contributed by atoms with Crippen LogP contribution in [0.15, 0.2) is 0 Å². The van der Waals surface area contributed by atoms with Gasteiger partial charge >= 0.3 is 5.97 Å². The molecular formula is C7H10F2O2. The number of carboxylic acid groups (broad SMARTS) is 1. The van der Waals surface area contributed by atoms with Crippen molar-refractivity contribution in [1.29, 1.82) is 0 Å². The topological polar surface area (TPSA) is 37.3 Å². The van der Waals surface area contributed by atoms with Gasteiger partial charge in [0, 0.05) is 12.8 Å². The molecule has 11 heavy (non-hydrogen) atoms. The van der Waals surface area contributed by atoms with Gasteiger partial charge in [-0.1, -0.05) is 6.92 Å². The molecule has 0 radical (unpaired) electrons. The molecule has 0 unspecified atom stereocenters. The minimum Gasteiger partial charge on any atom is -0.481 e. The Bertz CT molecular complexity index is 171. The monoisotopic (exact) mass is 164 g/mol. The van der Waals surface area contributed by atoms with Crippen molar-refractivity contribution in [2.45, 2.75) is 25.7 Å². The van der Waals surface area contributed by atoms with E-state index in [0.717, 1.165) is 0 Å². The molecule has 1 N–H and O–H groups in total. The third-order valence-electron chi connectivity index (χ3n) is 2.22. The Morgan fingerprint density at radius 1 is 1.64 bits per heavy atom. The molecule has 0 amide bonds. The number of halogens is 2. The number of hydrogen-bond donors (Lipinski definition) is 1. The molecule has 1 aliphatic carbocycles. The number of carboxylic acids is 1. The van der Waals surface area contributed by atoms with Gasteiger partial charge in [0.1, 0.15) is 0 Å². The van der Waals surface area contributed by atoms with E-state index >= 15 is 0 Å². The van der Waals surface area contributed by atoms with E-state index in [2.05, 4.69) is 0 Å². The van der Waals surface area contributed by atoms with Crippen molar-refractivity contribution in [3.05, 3.63) is 0 Å². The van der Waals surface area contributed by atoms with Gasteiger partial charge in [-0.25, -0.2) is 8.78 Å². The average molecular weight is 164 g/mol. The van der Waals surface area contributed by atoms with Crippen LogP contribution in [0.3, 0.4) is 0 Å². The van der Waals surface area contributed by atoms with Crippen LogP contribution in [0.2, 0.25) is 0 Å². The smallest absolute Gasteiger partial charge is 0.306 e. The number of carbonyl (C=O) groups is 1. The molecule has 0 aromatic heterocycles. The first-order chi connectivity index (χ1) is 4.92. The summed E-state index contributed by atoms with van der Waals surface area (Å²) < 4.78 is 24.4. The molecule has 0 aromatic carbocycles. The summed E-state index contributed by atoms with van der Waals surface area (Å²) in [6.45, 7) is 1.47. The van der Waals surface area contributed by atoms with E-state index < -0.39 is 17.8 Å². The summed E-state index contributed by atoms with van der Waals surface area (Å²) in [5.74, 6) is -4.54. The zero-order valence-electron chi connectivity index (χ0n) is 6.18. The lowest BCUT2D eigenvalue weighted by molar-refractivity contribution is -0.157. The third-order valence-corrected chi connectivity index (χ3v) is 2.22. The van der Waals surface area contributed by atoms with Crippen LogP contribution < -0.4 is 0 Å². The van der Waals surface area contributed by atoms with E-state index in [-0.39, 0.29) is 18.8 Å². The van der Waals surface area contributed by atoms with Crippen molar-refractivity contribution in [1.82, 2.24) is 0 Å². The van der Waals surface area contributed by atoms with Gasteiger partial charge in [0.15, 0.2) is 0 Å². The lowest BCUT2D eigenvalue weighted by Crippen LogP contribution is -2.41. The largest absolute Gasteiger partial charge is 0.481 e. The van der Waals surface area contributed by atoms with Gasteiger partial charge in [-0.2, -0.15) is 0 Å². The second kappa shape index (κ2) is 2.43. The van der Waals surface area contributed by atoms with Crippen LogP contribution in [0.5, 0.6) is 0 Å². The first kappa shape index (κ1) is 8.43. The summed E-state index contributed by atoms with van der Waals surface area (Å²) in [4.78, 5) is 10.3. The lowest BCUT2D eigenvalue weighted by atomic mass is 9.74. The molecule has 4 heteroatoms. The summed E-state index contributed by atoms with van der Waals surface area (Å²) in [5.41, 5.74) is 0. The zero-order valence-corrected chi connectivity index (χ0v) is 6.18. The van der Waals surface area contributed by atoms with Crippen molar-refractivity contribution in [3.8, 4) is 0 Å². The Kier molecular flexibility index (Phi) is 1.86. The van der Waals surface area contributed by atoms with E-state index in [1.54, 1.807) is 0 Å². The highest BCUT2D eigenvalue weighted by Gasteiger charge is 2.48.